The molecule has 0 spiro atoms. The second-order valence-electron chi connectivity index (χ2n) is 8.68. The third kappa shape index (κ3) is 5.06. The van der Waals surface area contributed by atoms with Crippen LogP contribution >= 0.6 is 11.3 Å². The van der Waals surface area contributed by atoms with Crippen LogP contribution in [0.3, 0.4) is 0 Å². The minimum atomic E-state index is -0.886. The summed E-state index contributed by atoms with van der Waals surface area (Å²) in [6.07, 6.45) is 1.32. The molecule has 4 rings (SSSR count). The number of piperazine rings is 1. The van der Waals surface area contributed by atoms with Crippen molar-refractivity contribution in [2.45, 2.75) is 24.9 Å². The van der Waals surface area contributed by atoms with Crippen LogP contribution in [0.2, 0.25) is 0 Å². The standard InChI is InChI=1S/C24H29N5O4S/c1-27(2)17-9-7-16(8-10-17)23(32)28-12-13-29(24(33)20-6-4-14-34-20)19(15-28)22(31)26-18-5-3-11-25-21(18)30/h4,6-10,14,18-19H,3,5,11-13,15H2,1-2H3,(H,25,30)(H,26,31). The predicted octanol–water partition coefficient (Wildman–Crippen LogP) is 1.18. The average Bonchev–Trinajstić information content (AvgIpc) is 3.39. The number of thiophene rings is 1. The summed E-state index contributed by atoms with van der Waals surface area (Å²) in [7, 11) is 3.85. The van der Waals surface area contributed by atoms with E-state index >= 15 is 0 Å². The number of carbonyl (C=O) groups excluding carboxylic acids is 4. The summed E-state index contributed by atoms with van der Waals surface area (Å²) < 4.78 is 0. The molecule has 0 bridgehead atoms. The molecule has 3 heterocycles. The zero-order valence-electron chi connectivity index (χ0n) is 19.3. The van der Waals surface area contributed by atoms with E-state index in [4.69, 9.17) is 0 Å². The summed E-state index contributed by atoms with van der Waals surface area (Å²) in [6, 6.07) is 9.26. The summed E-state index contributed by atoms with van der Waals surface area (Å²) in [4.78, 5) is 57.4. The molecule has 2 atom stereocenters. The van der Waals surface area contributed by atoms with Gasteiger partial charge in [0.05, 0.1) is 11.4 Å². The molecule has 4 amide bonds. The Bertz CT molecular complexity index is 1050. The first kappa shape index (κ1) is 23.7. The van der Waals surface area contributed by atoms with Crippen LogP contribution in [0.1, 0.15) is 32.9 Å². The van der Waals surface area contributed by atoms with Gasteiger partial charge in [-0.2, -0.15) is 0 Å². The van der Waals surface area contributed by atoms with Crippen LogP contribution in [0.25, 0.3) is 0 Å². The number of carbonyl (C=O) groups is 4. The molecule has 2 N–H and O–H groups in total. The van der Waals surface area contributed by atoms with Crippen LogP contribution in [-0.2, 0) is 9.59 Å². The lowest BCUT2D eigenvalue weighted by Crippen LogP contribution is -2.63. The number of nitrogens with one attached hydrogen (secondary N) is 2. The Labute approximate surface area is 202 Å². The van der Waals surface area contributed by atoms with E-state index in [-0.39, 0.29) is 30.8 Å². The highest BCUT2D eigenvalue weighted by Crippen LogP contribution is 2.21. The fraction of sp³-hybridized carbons (Fsp3) is 0.417. The van der Waals surface area contributed by atoms with Crippen molar-refractivity contribution in [3.8, 4) is 0 Å². The Kier molecular flexibility index (Phi) is 7.16. The Morgan fingerprint density at radius 2 is 1.85 bits per heavy atom. The van der Waals surface area contributed by atoms with Crippen molar-refractivity contribution in [1.82, 2.24) is 20.4 Å². The largest absolute Gasteiger partial charge is 0.378 e. The molecular formula is C24H29N5O4S. The van der Waals surface area contributed by atoms with Gasteiger partial charge in [-0.3, -0.25) is 19.2 Å². The van der Waals surface area contributed by atoms with Gasteiger partial charge < -0.3 is 25.3 Å². The van der Waals surface area contributed by atoms with Gasteiger partial charge in [0.1, 0.15) is 12.1 Å². The van der Waals surface area contributed by atoms with Crippen LogP contribution in [0.4, 0.5) is 5.69 Å². The molecule has 1 aromatic heterocycles. The second kappa shape index (κ2) is 10.3. The van der Waals surface area contributed by atoms with Gasteiger partial charge in [-0.15, -0.1) is 11.3 Å². The minimum absolute atomic E-state index is 0.0611. The molecule has 2 aromatic rings. The normalized spacial score (nSPS) is 20.5. The van der Waals surface area contributed by atoms with E-state index in [2.05, 4.69) is 10.6 Å². The van der Waals surface area contributed by atoms with Gasteiger partial charge in [0.25, 0.3) is 11.8 Å². The second-order valence-corrected chi connectivity index (χ2v) is 9.63. The fourth-order valence-electron chi connectivity index (χ4n) is 4.24. The maximum atomic E-state index is 13.3. The Hall–Kier alpha value is -3.40. The van der Waals surface area contributed by atoms with Gasteiger partial charge in [-0.05, 0) is 48.6 Å². The summed E-state index contributed by atoms with van der Waals surface area (Å²) >= 11 is 1.31. The monoisotopic (exact) mass is 483 g/mol. The third-order valence-electron chi connectivity index (χ3n) is 6.20. The molecule has 0 saturated carbocycles. The van der Waals surface area contributed by atoms with Crippen molar-refractivity contribution in [3.05, 3.63) is 52.2 Å². The molecule has 2 saturated heterocycles. The molecule has 2 unspecified atom stereocenters. The van der Waals surface area contributed by atoms with E-state index < -0.39 is 18.0 Å². The van der Waals surface area contributed by atoms with Crippen LogP contribution in [0, 0.1) is 0 Å². The molecule has 180 valence electrons. The number of piperidine rings is 1. The maximum absolute atomic E-state index is 13.3. The lowest BCUT2D eigenvalue weighted by atomic mass is 10.0. The van der Waals surface area contributed by atoms with Crippen molar-refractivity contribution in [3.63, 3.8) is 0 Å². The van der Waals surface area contributed by atoms with Gasteiger partial charge in [0, 0.05) is 45.0 Å². The number of benzene rings is 1. The number of nitrogens with zero attached hydrogens (tertiary/aromatic N) is 3. The van der Waals surface area contributed by atoms with E-state index in [0.29, 0.717) is 30.0 Å². The van der Waals surface area contributed by atoms with Crippen LogP contribution in [-0.4, -0.2) is 85.8 Å². The number of amides is 4. The van der Waals surface area contributed by atoms with E-state index in [1.165, 1.54) is 16.2 Å². The predicted molar refractivity (Wildman–Crippen MR) is 130 cm³/mol. The SMILES string of the molecule is CN(C)c1ccc(C(=O)N2CCN(C(=O)c3cccs3)C(C(=O)NC3CCCNC3=O)C2)cc1. The Morgan fingerprint density at radius 3 is 2.50 bits per heavy atom. The highest BCUT2D eigenvalue weighted by Gasteiger charge is 2.39. The van der Waals surface area contributed by atoms with Crippen molar-refractivity contribution < 1.29 is 19.2 Å². The van der Waals surface area contributed by atoms with E-state index in [1.54, 1.807) is 29.2 Å². The van der Waals surface area contributed by atoms with Crippen molar-refractivity contribution >= 4 is 40.7 Å². The molecule has 2 aliphatic heterocycles. The van der Waals surface area contributed by atoms with Crippen molar-refractivity contribution in [1.29, 1.82) is 0 Å². The van der Waals surface area contributed by atoms with Gasteiger partial charge in [0.15, 0.2) is 0 Å². The lowest BCUT2D eigenvalue weighted by molar-refractivity contribution is -0.133. The van der Waals surface area contributed by atoms with Gasteiger partial charge in [0.2, 0.25) is 11.8 Å². The summed E-state index contributed by atoms with van der Waals surface area (Å²) in [5.41, 5.74) is 1.50. The van der Waals surface area contributed by atoms with Gasteiger partial charge in [-0.25, -0.2) is 0 Å². The zero-order valence-corrected chi connectivity index (χ0v) is 20.1. The first-order valence-corrected chi connectivity index (χ1v) is 12.2. The van der Waals surface area contributed by atoms with E-state index in [1.807, 2.05) is 36.5 Å². The van der Waals surface area contributed by atoms with Crippen LogP contribution in [0.15, 0.2) is 41.8 Å². The summed E-state index contributed by atoms with van der Waals surface area (Å²) in [5.74, 6) is -1.08. The maximum Gasteiger partial charge on any atom is 0.264 e. The number of hydrogen-bond donors (Lipinski definition) is 2. The van der Waals surface area contributed by atoms with Crippen LogP contribution < -0.4 is 15.5 Å². The van der Waals surface area contributed by atoms with Crippen molar-refractivity contribution in [2.75, 3.05) is 45.2 Å². The average molecular weight is 484 g/mol. The molecule has 10 heteroatoms. The zero-order chi connectivity index (χ0) is 24.2. The highest BCUT2D eigenvalue weighted by molar-refractivity contribution is 7.12. The van der Waals surface area contributed by atoms with Crippen LogP contribution in [0.5, 0.6) is 0 Å². The Balaban J connectivity index is 1.53. The molecule has 0 radical (unpaired) electrons. The molecule has 2 aliphatic rings. The minimum Gasteiger partial charge on any atom is -0.378 e. The molecule has 0 aliphatic carbocycles. The quantitative estimate of drug-likeness (QED) is 0.665. The molecule has 34 heavy (non-hydrogen) atoms. The first-order chi connectivity index (χ1) is 16.3. The van der Waals surface area contributed by atoms with Crippen molar-refractivity contribution in [2.24, 2.45) is 0 Å². The number of hydrogen-bond acceptors (Lipinski definition) is 6. The third-order valence-corrected chi connectivity index (χ3v) is 7.05. The Morgan fingerprint density at radius 1 is 1.09 bits per heavy atom. The van der Waals surface area contributed by atoms with E-state index in [0.717, 1.165) is 12.1 Å². The molecule has 2 fully saturated rings. The molecule has 1 aromatic carbocycles. The smallest absolute Gasteiger partial charge is 0.264 e. The summed E-state index contributed by atoms with van der Waals surface area (Å²) in [6.45, 7) is 1.20. The summed E-state index contributed by atoms with van der Waals surface area (Å²) in [5, 5.41) is 7.37. The van der Waals surface area contributed by atoms with Gasteiger partial charge in [-0.1, -0.05) is 6.07 Å². The lowest BCUT2D eigenvalue weighted by Gasteiger charge is -2.41. The number of anilines is 1. The van der Waals surface area contributed by atoms with Gasteiger partial charge >= 0.3 is 0 Å². The molecular weight excluding hydrogens is 454 g/mol. The topological polar surface area (TPSA) is 102 Å². The molecule has 9 nitrogen and oxygen atoms in total. The fourth-order valence-corrected chi connectivity index (χ4v) is 4.92. The van der Waals surface area contributed by atoms with E-state index in [9.17, 15) is 19.2 Å². The first-order valence-electron chi connectivity index (χ1n) is 11.3. The number of rotatable bonds is 5. The highest BCUT2D eigenvalue weighted by atomic mass is 32.1.